The highest BCUT2D eigenvalue weighted by Gasteiger charge is 2.30. The summed E-state index contributed by atoms with van der Waals surface area (Å²) in [6, 6.07) is 2.29. The summed E-state index contributed by atoms with van der Waals surface area (Å²) in [5.41, 5.74) is 0.578. The van der Waals surface area contributed by atoms with Gasteiger partial charge in [-0.1, -0.05) is 36.5 Å². The van der Waals surface area contributed by atoms with Gasteiger partial charge in [-0.25, -0.2) is 0 Å². The minimum absolute atomic E-state index is 0.0890. The molecule has 0 unspecified atom stereocenters. The first-order valence-electron chi connectivity index (χ1n) is 6.34. The van der Waals surface area contributed by atoms with Crippen LogP contribution in [0.15, 0.2) is 6.07 Å². The Bertz CT molecular complexity index is 429. The third-order valence-corrected chi connectivity index (χ3v) is 4.65. The topological polar surface area (TPSA) is 20.3 Å². The Labute approximate surface area is 122 Å². The molecule has 0 radical (unpaired) electrons. The Balaban J connectivity index is 1.98. The van der Waals surface area contributed by atoms with Crippen LogP contribution in [0.5, 0.6) is 0 Å². The number of hydrogen-bond acceptors (Lipinski definition) is 3. The molecule has 1 saturated carbocycles. The lowest BCUT2D eigenvalue weighted by Crippen LogP contribution is -2.32. The summed E-state index contributed by atoms with van der Waals surface area (Å²) in [5.74, 6) is 0.0890. The summed E-state index contributed by atoms with van der Waals surface area (Å²) in [4.78, 5) is 14.5. The second kappa shape index (κ2) is 6.38. The van der Waals surface area contributed by atoms with E-state index in [1.54, 1.807) is 6.07 Å². The molecule has 2 nitrogen and oxygen atoms in total. The van der Waals surface area contributed by atoms with Crippen molar-refractivity contribution in [1.29, 1.82) is 0 Å². The minimum atomic E-state index is 0.0890. The van der Waals surface area contributed by atoms with E-state index < -0.39 is 0 Å². The number of ketones is 1. The highest BCUT2D eigenvalue weighted by Crippen LogP contribution is 2.32. The molecule has 100 valence electrons. The molecule has 1 heterocycles. The zero-order chi connectivity index (χ0) is 13.1. The van der Waals surface area contributed by atoms with Crippen molar-refractivity contribution >= 4 is 40.3 Å². The van der Waals surface area contributed by atoms with Crippen LogP contribution >= 0.6 is 34.5 Å². The maximum Gasteiger partial charge on any atom is 0.179 e. The lowest BCUT2D eigenvalue weighted by molar-refractivity contribution is 0.0924. The molecule has 0 bridgehead atoms. The second-order valence-corrected chi connectivity index (χ2v) is 7.00. The van der Waals surface area contributed by atoms with Crippen LogP contribution in [0.4, 0.5) is 0 Å². The summed E-state index contributed by atoms with van der Waals surface area (Å²) >= 11 is 13.1. The molecule has 1 aromatic heterocycles. The number of carbonyl (C=O) groups is 1. The Hall–Kier alpha value is -0.0900. The molecule has 1 aromatic rings. The van der Waals surface area contributed by atoms with Crippen LogP contribution in [0.1, 0.15) is 43.0 Å². The van der Waals surface area contributed by atoms with Crippen LogP contribution in [0.25, 0.3) is 0 Å². The fraction of sp³-hybridized carbons (Fsp3) is 0.615. The van der Waals surface area contributed by atoms with E-state index in [-0.39, 0.29) is 5.78 Å². The predicted molar refractivity (Wildman–Crippen MR) is 78.2 cm³/mol. The largest absolute Gasteiger partial charge is 0.293 e. The van der Waals surface area contributed by atoms with Gasteiger partial charge >= 0.3 is 0 Å². The Morgan fingerprint density at radius 1 is 1.50 bits per heavy atom. The van der Waals surface area contributed by atoms with Crippen LogP contribution < -0.4 is 0 Å². The van der Waals surface area contributed by atoms with Gasteiger partial charge in [0.1, 0.15) is 4.34 Å². The van der Waals surface area contributed by atoms with Crippen molar-refractivity contribution in [3.63, 3.8) is 0 Å². The molecule has 2 rings (SSSR count). The molecular weight excluding hydrogens is 289 g/mol. The van der Waals surface area contributed by atoms with Crippen molar-refractivity contribution in [2.75, 3.05) is 13.1 Å². The van der Waals surface area contributed by atoms with Gasteiger partial charge in [-0.2, -0.15) is 0 Å². The van der Waals surface area contributed by atoms with Gasteiger partial charge in [-0.05, 0) is 31.9 Å². The molecule has 0 aliphatic heterocycles. The smallest absolute Gasteiger partial charge is 0.179 e. The fourth-order valence-corrected chi connectivity index (χ4v) is 3.49. The maximum atomic E-state index is 12.2. The summed E-state index contributed by atoms with van der Waals surface area (Å²) in [6.45, 7) is 3.64. The van der Waals surface area contributed by atoms with E-state index in [1.165, 1.54) is 24.2 Å². The number of nitrogens with zero attached hydrogens (tertiary/aromatic N) is 1. The lowest BCUT2D eigenvalue weighted by Gasteiger charge is -2.20. The van der Waals surface area contributed by atoms with Gasteiger partial charge in [-0.15, -0.1) is 11.3 Å². The zero-order valence-corrected chi connectivity index (χ0v) is 12.7. The summed E-state index contributed by atoms with van der Waals surface area (Å²) in [5, 5.41) is 0. The van der Waals surface area contributed by atoms with Crippen LogP contribution in [0.3, 0.4) is 0 Å². The molecule has 1 aliphatic carbocycles. The third-order valence-electron chi connectivity index (χ3n) is 3.17. The van der Waals surface area contributed by atoms with Gasteiger partial charge in [0.2, 0.25) is 0 Å². The van der Waals surface area contributed by atoms with Crippen LogP contribution in [0, 0.1) is 0 Å². The second-order valence-electron chi connectivity index (χ2n) is 4.72. The van der Waals surface area contributed by atoms with E-state index in [0.29, 0.717) is 26.8 Å². The maximum absolute atomic E-state index is 12.2. The highest BCUT2D eigenvalue weighted by atomic mass is 35.5. The van der Waals surface area contributed by atoms with E-state index in [0.717, 1.165) is 19.4 Å². The molecule has 0 N–H and O–H groups in total. The highest BCUT2D eigenvalue weighted by molar-refractivity contribution is 7.20. The van der Waals surface area contributed by atoms with Crippen molar-refractivity contribution in [1.82, 2.24) is 4.90 Å². The first kappa shape index (κ1) is 14.3. The monoisotopic (exact) mass is 305 g/mol. The summed E-state index contributed by atoms with van der Waals surface area (Å²) < 4.78 is 1.09. The molecule has 0 atom stereocenters. The number of halogens is 2. The van der Waals surface area contributed by atoms with Crippen LogP contribution in [-0.4, -0.2) is 29.8 Å². The Morgan fingerprint density at radius 2 is 2.22 bits per heavy atom. The predicted octanol–water partition coefficient (Wildman–Crippen LogP) is 4.50. The Kier molecular flexibility index (Phi) is 5.07. The molecule has 18 heavy (non-hydrogen) atoms. The van der Waals surface area contributed by atoms with E-state index >= 15 is 0 Å². The van der Waals surface area contributed by atoms with Gasteiger partial charge in [0, 0.05) is 6.04 Å². The third kappa shape index (κ3) is 3.70. The van der Waals surface area contributed by atoms with Crippen molar-refractivity contribution in [3.05, 3.63) is 20.3 Å². The Morgan fingerprint density at radius 3 is 2.72 bits per heavy atom. The number of unbranched alkanes of at least 4 members (excludes halogenated alkanes) is 1. The molecule has 0 saturated heterocycles. The molecule has 0 spiro atoms. The van der Waals surface area contributed by atoms with Gasteiger partial charge in [0.05, 0.1) is 16.4 Å². The number of thiophene rings is 1. The standard InChI is InChI=1S/C13H17Cl2NOS/c1-2-3-6-16(9-4-5-9)8-11(17)10-7-12(14)18-13(10)15/h7,9H,2-6,8H2,1H3. The molecule has 0 amide bonds. The first-order valence-corrected chi connectivity index (χ1v) is 7.91. The van der Waals surface area contributed by atoms with Gasteiger partial charge < -0.3 is 0 Å². The van der Waals surface area contributed by atoms with E-state index in [1.807, 2.05) is 0 Å². The number of hydrogen-bond donors (Lipinski definition) is 0. The molecule has 5 heteroatoms. The fourth-order valence-electron chi connectivity index (χ4n) is 1.99. The number of Topliss-reactive ketones (excluding diaryl/α,β-unsaturated/α-hetero) is 1. The van der Waals surface area contributed by atoms with Gasteiger partial charge in [0.15, 0.2) is 5.78 Å². The number of carbonyl (C=O) groups excluding carboxylic acids is 1. The van der Waals surface area contributed by atoms with Crippen molar-refractivity contribution < 1.29 is 4.79 Å². The van der Waals surface area contributed by atoms with E-state index in [9.17, 15) is 4.79 Å². The van der Waals surface area contributed by atoms with Gasteiger partial charge in [-0.3, -0.25) is 9.69 Å². The molecule has 0 aromatic carbocycles. The SMILES string of the molecule is CCCCN(CC(=O)c1cc(Cl)sc1Cl)C1CC1. The lowest BCUT2D eigenvalue weighted by atomic mass is 10.2. The van der Waals surface area contributed by atoms with Gasteiger partial charge in [0.25, 0.3) is 0 Å². The van der Waals surface area contributed by atoms with Crippen LogP contribution in [0.2, 0.25) is 8.67 Å². The molecular formula is C13H17Cl2NOS. The zero-order valence-electron chi connectivity index (χ0n) is 10.4. The average Bonchev–Trinajstić information content (AvgIpc) is 3.10. The van der Waals surface area contributed by atoms with E-state index in [4.69, 9.17) is 23.2 Å². The minimum Gasteiger partial charge on any atom is -0.293 e. The van der Waals surface area contributed by atoms with Crippen molar-refractivity contribution in [2.24, 2.45) is 0 Å². The summed E-state index contributed by atoms with van der Waals surface area (Å²) in [7, 11) is 0. The average molecular weight is 306 g/mol. The quantitative estimate of drug-likeness (QED) is 0.691. The molecule has 1 aliphatic rings. The normalized spacial score (nSPS) is 15.3. The number of rotatable bonds is 7. The van der Waals surface area contributed by atoms with Crippen molar-refractivity contribution in [2.45, 2.75) is 38.6 Å². The first-order chi connectivity index (χ1) is 8.61. The summed E-state index contributed by atoms with van der Waals surface area (Å²) in [6.07, 6.45) is 4.73. The molecule has 1 fully saturated rings. The van der Waals surface area contributed by atoms with E-state index in [2.05, 4.69) is 11.8 Å². The van der Waals surface area contributed by atoms with Crippen LogP contribution in [-0.2, 0) is 0 Å². The van der Waals surface area contributed by atoms with Crippen molar-refractivity contribution in [3.8, 4) is 0 Å².